The number of nitrogens with one attached hydrogen (secondary N) is 3. The number of hydrogen-bond acceptors (Lipinski definition) is 7. The van der Waals surface area contributed by atoms with Crippen LogP contribution in [0.2, 0.25) is 5.15 Å². The Bertz CT molecular complexity index is 1780. The summed E-state index contributed by atoms with van der Waals surface area (Å²) in [5.41, 5.74) is 5.28. The molecule has 2 aromatic heterocycles. The summed E-state index contributed by atoms with van der Waals surface area (Å²) in [4.78, 5) is 54.6. The van der Waals surface area contributed by atoms with Crippen molar-refractivity contribution in [3.8, 4) is 5.75 Å². The number of hydrogen-bond donors (Lipinski definition) is 3. The van der Waals surface area contributed by atoms with Crippen LogP contribution < -0.4 is 20.7 Å². The van der Waals surface area contributed by atoms with Crippen molar-refractivity contribution in [1.29, 1.82) is 0 Å². The van der Waals surface area contributed by atoms with Crippen molar-refractivity contribution in [2.75, 3.05) is 11.9 Å². The number of amides is 3. The second-order valence-corrected chi connectivity index (χ2v) is 10.4. The summed E-state index contributed by atoms with van der Waals surface area (Å²) in [6, 6.07) is 11.5. The number of carbonyl (C=O) groups excluding carboxylic acids is 4. The minimum absolute atomic E-state index is 0.00531. The van der Waals surface area contributed by atoms with Crippen molar-refractivity contribution < 1.29 is 23.9 Å². The van der Waals surface area contributed by atoms with E-state index in [9.17, 15) is 19.2 Å². The van der Waals surface area contributed by atoms with E-state index >= 15 is 0 Å². The van der Waals surface area contributed by atoms with E-state index in [1.54, 1.807) is 31.2 Å². The highest BCUT2D eigenvalue weighted by Crippen LogP contribution is 2.35. The number of rotatable bonds is 6. The Balaban J connectivity index is 1.23. The lowest BCUT2D eigenvalue weighted by Crippen LogP contribution is -2.30. The highest BCUT2D eigenvalue weighted by molar-refractivity contribution is 6.29. The Morgan fingerprint density at radius 3 is 2.78 bits per heavy atom. The largest absolute Gasteiger partial charge is 0.482 e. The third kappa shape index (κ3) is 5.00. The van der Waals surface area contributed by atoms with Gasteiger partial charge in [-0.1, -0.05) is 29.8 Å². The van der Waals surface area contributed by atoms with E-state index in [2.05, 4.69) is 26.0 Å². The van der Waals surface area contributed by atoms with E-state index in [0.29, 0.717) is 23.4 Å². The summed E-state index contributed by atoms with van der Waals surface area (Å²) in [5.74, 6) is -0.637. The van der Waals surface area contributed by atoms with E-state index in [0.717, 1.165) is 28.7 Å². The predicted molar refractivity (Wildman–Crippen MR) is 149 cm³/mol. The zero-order valence-corrected chi connectivity index (χ0v) is 23.0. The molecule has 11 nitrogen and oxygen atoms in total. The van der Waals surface area contributed by atoms with Gasteiger partial charge in [-0.05, 0) is 61.1 Å². The van der Waals surface area contributed by atoms with Crippen LogP contribution in [0.15, 0.2) is 42.5 Å². The Labute approximate surface area is 239 Å². The molecule has 12 heteroatoms. The molecule has 1 aliphatic carbocycles. The lowest BCUT2D eigenvalue weighted by molar-refractivity contribution is -0.118. The number of ketones is 1. The molecule has 208 valence electrons. The number of fused-ring (bicyclic) bond motifs is 3. The van der Waals surface area contributed by atoms with Crippen LogP contribution in [0.25, 0.3) is 5.65 Å². The molecule has 0 saturated heterocycles. The minimum Gasteiger partial charge on any atom is -0.482 e. The lowest BCUT2D eigenvalue weighted by atomic mass is 9.96. The second-order valence-electron chi connectivity index (χ2n) is 10.0. The van der Waals surface area contributed by atoms with Crippen molar-refractivity contribution in [1.82, 2.24) is 25.2 Å². The molecule has 4 aromatic rings. The summed E-state index contributed by atoms with van der Waals surface area (Å²) >= 11 is 6.12. The fraction of sp³-hybridized carbons (Fsp3) is 0.241. The van der Waals surface area contributed by atoms with E-state index in [1.807, 2.05) is 13.0 Å². The Morgan fingerprint density at radius 1 is 1.15 bits per heavy atom. The van der Waals surface area contributed by atoms with Gasteiger partial charge in [0.1, 0.15) is 17.1 Å². The monoisotopic (exact) mass is 572 g/mol. The van der Waals surface area contributed by atoms with Gasteiger partial charge in [-0.15, -0.1) is 0 Å². The van der Waals surface area contributed by atoms with Gasteiger partial charge >= 0.3 is 0 Å². The highest BCUT2D eigenvalue weighted by atomic mass is 35.5. The number of anilines is 1. The number of aromatic nitrogens is 3. The third-order valence-corrected chi connectivity index (χ3v) is 7.55. The third-order valence-electron chi connectivity index (χ3n) is 7.37. The highest BCUT2D eigenvalue weighted by Gasteiger charge is 2.28. The number of ether oxygens (including phenoxy) is 1. The fourth-order valence-electron chi connectivity index (χ4n) is 5.38. The first-order valence-electron chi connectivity index (χ1n) is 13.0. The van der Waals surface area contributed by atoms with E-state index in [4.69, 9.17) is 16.3 Å². The molecule has 0 spiro atoms. The molecule has 41 heavy (non-hydrogen) atoms. The molecule has 3 amide bonds. The maximum atomic E-state index is 13.5. The van der Waals surface area contributed by atoms with Crippen molar-refractivity contribution in [3.63, 3.8) is 0 Å². The molecule has 2 aliphatic rings. The molecular formula is C29H25ClN6O5. The minimum atomic E-state index is -0.504. The van der Waals surface area contributed by atoms with Gasteiger partial charge in [-0.2, -0.15) is 5.10 Å². The van der Waals surface area contributed by atoms with Gasteiger partial charge in [0.25, 0.3) is 17.7 Å². The van der Waals surface area contributed by atoms with Gasteiger partial charge in [0.15, 0.2) is 23.2 Å². The topological polar surface area (TPSA) is 144 Å². The van der Waals surface area contributed by atoms with Crippen LogP contribution in [0.1, 0.15) is 73.0 Å². The zero-order chi connectivity index (χ0) is 28.8. The number of halogens is 1. The van der Waals surface area contributed by atoms with Gasteiger partial charge in [-0.25, -0.2) is 9.50 Å². The lowest BCUT2D eigenvalue weighted by Gasteiger charge is -2.18. The summed E-state index contributed by atoms with van der Waals surface area (Å²) < 4.78 is 6.68. The molecular weight excluding hydrogens is 548 g/mol. The van der Waals surface area contributed by atoms with E-state index < -0.39 is 11.8 Å². The van der Waals surface area contributed by atoms with E-state index in [-0.39, 0.29) is 53.1 Å². The fourth-order valence-corrected chi connectivity index (χ4v) is 5.55. The van der Waals surface area contributed by atoms with Crippen molar-refractivity contribution in [2.45, 2.75) is 39.3 Å². The molecule has 0 fully saturated rings. The molecule has 3 N–H and O–H groups in total. The van der Waals surface area contributed by atoms with Crippen LogP contribution in [0.5, 0.6) is 5.75 Å². The molecule has 0 saturated carbocycles. The maximum absolute atomic E-state index is 13.5. The molecule has 0 bridgehead atoms. The summed E-state index contributed by atoms with van der Waals surface area (Å²) in [7, 11) is 0. The number of nitrogens with zero attached hydrogens (tertiary/aromatic N) is 3. The van der Waals surface area contributed by atoms with Gasteiger partial charge < -0.3 is 20.7 Å². The molecule has 1 atom stereocenters. The Hall–Kier alpha value is -4.77. The average Bonchev–Trinajstić information content (AvgIpc) is 3.53. The van der Waals surface area contributed by atoms with Gasteiger partial charge in [-0.3, -0.25) is 19.2 Å². The first-order valence-corrected chi connectivity index (χ1v) is 13.4. The Morgan fingerprint density at radius 2 is 1.98 bits per heavy atom. The number of carbonyl (C=O) groups is 4. The van der Waals surface area contributed by atoms with Gasteiger partial charge in [0.05, 0.1) is 11.7 Å². The summed E-state index contributed by atoms with van der Waals surface area (Å²) in [6.45, 7) is 3.58. The molecule has 0 unspecified atom stereocenters. The summed E-state index contributed by atoms with van der Waals surface area (Å²) in [5, 5.41) is 12.9. The smallest absolute Gasteiger partial charge is 0.270 e. The molecule has 0 radical (unpaired) electrons. The normalized spacial score (nSPS) is 15.5. The standard InChI is InChI=1S/C29H25ClN6O5/c1-14-17(15(2)37)4-5-19-18(14)6-7-20(19)34-29(40)23-10-22(32-26-11-25(30)35-36(23)26)28(39)31-12-16-3-8-24-21(9-16)33-27(38)13-41-24/h3-5,8-11,20H,6-7,12-13H2,1-2H3,(H,31,39)(H,33,38)(H,34,40)/t20-/m0/s1. The van der Waals surface area contributed by atoms with Crippen LogP contribution in [-0.2, 0) is 17.8 Å². The first-order chi connectivity index (χ1) is 19.7. The predicted octanol–water partition coefficient (Wildman–Crippen LogP) is 3.57. The molecule has 3 heterocycles. The number of Topliss-reactive ketones (excluding diaryl/α,β-unsaturated/α-hetero) is 1. The molecule has 1 aliphatic heterocycles. The van der Waals surface area contributed by atoms with Gasteiger partial charge in [0, 0.05) is 24.2 Å². The first kappa shape index (κ1) is 26.5. The zero-order valence-electron chi connectivity index (χ0n) is 22.2. The maximum Gasteiger partial charge on any atom is 0.270 e. The van der Waals surface area contributed by atoms with Crippen molar-refractivity contribution in [2.24, 2.45) is 0 Å². The van der Waals surface area contributed by atoms with Crippen LogP contribution >= 0.6 is 11.6 Å². The van der Waals surface area contributed by atoms with Crippen LogP contribution in [0, 0.1) is 6.92 Å². The summed E-state index contributed by atoms with van der Waals surface area (Å²) in [6.07, 6.45) is 1.41. The van der Waals surface area contributed by atoms with Gasteiger partial charge in [0.2, 0.25) is 0 Å². The van der Waals surface area contributed by atoms with Crippen LogP contribution in [0.3, 0.4) is 0 Å². The Kier molecular flexibility index (Phi) is 6.66. The van der Waals surface area contributed by atoms with Crippen molar-refractivity contribution >= 4 is 46.4 Å². The number of benzene rings is 2. The molecule has 6 rings (SSSR count). The van der Waals surface area contributed by atoms with Crippen molar-refractivity contribution in [3.05, 3.63) is 86.8 Å². The second kappa shape index (κ2) is 10.3. The van der Waals surface area contributed by atoms with Crippen LogP contribution in [-0.4, -0.2) is 44.7 Å². The quantitative estimate of drug-likeness (QED) is 0.300. The average molecular weight is 573 g/mol. The van der Waals surface area contributed by atoms with Crippen LogP contribution in [0.4, 0.5) is 5.69 Å². The molecule has 2 aromatic carbocycles. The SMILES string of the molecule is CC(=O)c1ccc2c(c1C)CC[C@@H]2NC(=O)c1cc(C(=O)NCc2ccc3c(c2)NC(=O)CO3)nc2cc(Cl)nn12. The van der Waals surface area contributed by atoms with E-state index in [1.165, 1.54) is 16.6 Å².